The molecule has 0 bridgehead atoms. The predicted molar refractivity (Wildman–Crippen MR) is 155 cm³/mol. The summed E-state index contributed by atoms with van der Waals surface area (Å²) in [7, 11) is 1.95. The van der Waals surface area contributed by atoms with Gasteiger partial charge >= 0.3 is 5.92 Å². The molecule has 2 aromatic carbocycles. The number of nitrogens with two attached hydrogens (primary N) is 1. The van der Waals surface area contributed by atoms with E-state index in [-0.39, 0.29) is 19.1 Å². The van der Waals surface area contributed by atoms with Gasteiger partial charge in [0.15, 0.2) is 5.82 Å². The number of halogens is 3. The van der Waals surface area contributed by atoms with Gasteiger partial charge < -0.3 is 29.8 Å². The summed E-state index contributed by atoms with van der Waals surface area (Å²) in [5.41, 5.74) is 10.6. The molecule has 1 aliphatic carbocycles. The zero-order valence-electron chi connectivity index (χ0n) is 23.8. The van der Waals surface area contributed by atoms with Crippen molar-refractivity contribution in [2.45, 2.75) is 50.2 Å². The van der Waals surface area contributed by atoms with Gasteiger partial charge in [0.2, 0.25) is 0 Å². The van der Waals surface area contributed by atoms with Crippen molar-refractivity contribution in [1.82, 2.24) is 24.3 Å². The van der Waals surface area contributed by atoms with E-state index in [1.807, 2.05) is 41.9 Å². The molecule has 1 saturated carbocycles. The molecule has 9 nitrogen and oxygen atoms in total. The molecule has 2 fully saturated rings. The fourth-order valence-electron chi connectivity index (χ4n) is 6.33. The molecule has 2 aromatic heterocycles. The minimum absolute atomic E-state index is 0.0660. The average molecular weight is 595 g/mol. The van der Waals surface area contributed by atoms with Crippen molar-refractivity contribution in [1.29, 1.82) is 0 Å². The molecule has 2 atom stereocenters. The summed E-state index contributed by atoms with van der Waals surface area (Å²) in [6.07, 6.45) is 2.28. The molecule has 3 aliphatic rings. The number of rotatable bonds is 9. The summed E-state index contributed by atoms with van der Waals surface area (Å²) in [5, 5.41) is 3.26. The first-order chi connectivity index (χ1) is 20.6. The van der Waals surface area contributed by atoms with Crippen LogP contribution in [0.2, 0.25) is 0 Å². The van der Waals surface area contributed by atoms with Gasteiger partial charge in [-0.05, 0) is 55.0 Å². The van der Waals surface area contributed by atoms with E-state index in [2.05, 4.69) is 16.0 Å². The fourth-order valence-corrected chi connectivity index (χ4v) is 6.33. The second-order valence-electron chi connectivity index (χ2n) is 12.1. The maximum atomic E-state index is 13.8. The number of hydrogen-bond donors (Lipinski definition) is 2. The van der Waals surface area contributed by atoms with Crippen LogP contribution in [0.25, 0.3) is 33.5 Å². The van der Waals surface area contributed by atoms with Gasteiger partial charge in [0, 0.05) is 44.1 Å². The minimum atomic E-state index is -3.39. The molecule has 2 aliphatic heterocycles. The number of ether oxygens (including phenoxy) is 1. The van der Waals surface area contributed by atoms with E-state index in [9.17, 15) is 22.8 Å². The standard InChI is InChI=1S/C31H33F3N6O3/c1-38-24-9-18-7-8-39(15-20(35)13-32)29(41)22(18)11-23(24)37-28(38)25-10-19-3-2-4-26(27(19)40(25)14-17-5-6-17)43-16-21-12-31(33,34)30(42)36-21/h2-4,9-11,17,20-21H,5-8,12-16,35H2,1H3,(H,36,42). The molecule has 12 heteroatoms. The first-order valence-corrected chi connectivity index (χ1v) is 14.7. The zero-order valence-corrected chi connectivity index (χ0v) is 23.8. The summed E-state index contributed by atoms with van der Waals surface area (Å²) in [5.74, 6) is -3.02. The number of aromatic nitrogens is 3. The van der Waals surface area contributed by atoms with Gasteiger partial charge in [0.05, 0.1) is 34.3 Å². The molecule has 3 N–H and O–H groups in total. The topological polar surface area (TPSA) is 107 Å². The summed E-state index contributed by atoms with van der Waals surface area (Å²) >= 11 is 0. The highest BCUT2D eigenvalue weighted by atomic mass is 19.3. The normalized spacial score (nSPS) is 20.6. The molecule has 4 heterocycles. The largest absolute Gasteiger partial charge is 0.489 e. The molecule has 0 spiro atoms. The predicted octanol–water partition coefficient (Wildman–Crippen LogP) is 3.80. The molecular formula is C31H33F3N6O3. The Labute approximate surface area is 245 Å². The number of alkyl halides is 3. The number of nitrogens with one attached hydrogen (secondary N) is 1. The number of imidazole rings is 1. The van der Waals surface area contributed by atoms with Crippen molar-refractivity contribution in [2.24, 2.45) is 18.7 Å². The van der Waals surface area contributed by atoms with E-state index < -0.39 is 37.0 Å². The number of fused-ring (bicyclic) bond motifs is 3. The zero-order chi connectivity index (χ0) is 30.0. The highest BCUT2D eigenvalue weighted by Crippen LogP contribution is 2.40. The first-order valence-electron chi connectivity index (χ1n) is 14.7. The van der Waals surface area contributed by atoms with Crippen molar-refractivity contribution in [2.75, 3.05) is 26.4 Å². The van der Waals surface area contributed by atoms with Crippen molar-refractivity contribution in [3.8, 4) is 17.3 Å². The Morgan fingerprint density at radius 1 is 1.21 bits per heavy atom. The highest BCUT2D eigenvalue weighted by Gasteiger charge is 2.48. The first kappa shape index (κ1) is 27.8. The number of amides is 2. The van der Waals surface area contributed by atoms with Crippen molar-refractivity contribution in [3.05, 3.63) is 47.5 Å². The van der Waals surface area contributed by atoms with Crippen LogP contribution in [0.15, 0.2) is 36.4 Å². The third kappa shape index (κ3) is 4.91. The Balaban J connectivity index is 1.26. The molecule has 4 aromatic rings. The lowest BCUT2D eigenvalue weighted by molar-refractivity contribution is -0.139. The van der Waals surface area contributed by atoms with Crippen molar-refractivity contribution in [3.63, 3.8) is 0 Å². The Kier molecular flexibility index (Phi) is 6.64. The Morgan fingerprint density at radius 3 is 2.74 bits per heavy atom. The summed E-state index contributed by atoms with van der Waals surface area (Å²) in [6, 6.07) is 10.1. The molecule has 7 rings (SSSR count). The number of carbonyl (C=O) groups excluding carboxylic acids is 2. The van der Waals surface area contributed by atoms with Crippen LogP contribution in [0, 0.1) is 5.92 Å². The van der Waals surface area contributed by atoms with Crippen LogP contribution in [0.1, 0.15) is 35.2 Å². The lowest BCUT2D eigenvalue weighted by Crippen LogP contribution is -2.45. The van der Waals surface area contributed by atoms with Crippen molar-refractivity contribution < 1.29 is 27.5 Å². The van der Waals surface area contributed by atoms with Crippen molar-refractivity contribution >= 4 is 33.8 Å². The quantitative estimate of drug-likeness (QED) is 0.307. The van der Waals surface area contributed by atoms with Gasteiger partial charge in [-0.3, -0.25) is 9.59 Å². The molecule has 43 heavy (non-hydrogen) atoms. The molecular weight excluding hydrogens is 561 g/mol. The number of aryl methyl sites for hydroxylation is 1. The lowest BCUT2D eigenvalue weighted by Gasteiger charge is -2.30. The fraction of sp³-hybridized carbons (Fsp3) is 0.452. The van der Waals surface area contributed by atoms with Gasteiger partial charge in [-0.25, -0.2) is 9.37 Å². The number of para-hydroxylation sites is 1. The van der Waals surface area contributed by atoms with Gasteiger partial charge in [-0.1, -0.05) is 12.1 Å². The molecule has 1 saturated heterocycles. The van der Waals surface area contributed by atoms with Gasteiger partial charge in [-0.15, -0.1) is 0 Å². The highest BCUT2D eigenvalue weighted by molar-refractivity contribution is 6.01. The third-order valence-electron chi connectivity index (χ3n) is 8.79. The second-order valence-corrected chi connectivity index (χ2v) is 12.1. The summed E-state index contributed by atoms with van der Waals surface area (Å²) in [4.78, 5) is 31.4. The van der Waals surface area contributed by atoms with Crippen LogP contribution in [0.4, 0.5) is 13.2 Å². The van der Waals surface area contributed by atoms with E-state index in [4.69, 9.17) is 15.5 Å². The van der Waals surface area contributed by atoms with E-state index in [1.54, 1.807) is 4.90 Å². The van der Waals surface area contributed by atoms with Crippen LogP contribution in [0.3, 0.4) is 0 Å². The number of carbonyl (C=O) groups is 2. The summed E-state index contributed by atoms with van der Waals surface area (Å²) < 4.78 is 50.9. The lowest BCUT2D eigenvalue weighted by atomic mass is 9.97. The SMILES string of the molecule is Cn1c(-c2cc3cccc(OCC4CC(F)(F)C(=O)N4)c3n2CC2CC2)nc2cc3c(cc21)CCN(CC(N)CF)C3=O. The molecule has 2 amide bonds. The maximum absolute atomic E-state index is 13.8. The van der Waals surface area contributed by atoms with Gasteiger partial charge in [0.25, 0.3) is 11.8 Å². The second kappa shape index (κ2) is 10.3. The maximum Gasteiger partial charge on any atom is 0.326 e. The van der Waals surface area contributed by atoms with E-state index in [1.165, 1.54) is 0 Å². The van der Waals surface area contributed by atoms with Gasteiger partial charge in [-0.2, -0.15) is 8.78 Å². The van der Waals surface area contributed by atoms with Gasteiger partial charge in [0.1, 0.15) is 19.0 Å². The number of hydrogen-bond acceptors (Lipinski definition) is 5. The molecule has 2 unspecified atom stereocenters. The average Bonchev–Trinajstić information content (AvgIpc) is 3.57. The third-order valence-corrected chi connectivity index (χ3v) is 8.79. The molecule has 226 valence electrons. The van der Waals surface area contributed by atoms with Crippen LogP contribution >= 0.6 is 0 Å². The summed E-state index contributed by atoms with van der Waals surface area (Å²) in [6.45, 7) is 0.648. The van der Waals surface area contributed by atoms with Crippen LogP contribution in [-0.4, -0.2) is 75.2 Å². The van der Waals surface area contributed by atoms with E-state index in [0.717, 1.165) is 52.9 Å². The minimum Gasteiger partial charge on any atom is -0.489 e. The van der Waals surface area contributed by atoms with E-state index in [0.29, 0.717) is 35.7 Å². The number of benzene rings is 2. The molecule has 0 radical (unpaired) electrons. The van der Waals surface area contributed by atoms with Crippen LogP contribution in [-0.2, 0) is 24.8 Å². The Hall–Kier alpha value is -4.06. The Morgan fingerprint density at radius 2 is 2.02 bits per heavy atom. The van der Waals surface area contributed by atoms with E-state index >= 15 is 0 Å². The Bertz CT molecular complexity index is 1760. The smallest absolute Gasteiger partial charge is 0.326 e. The van der Waals surface area contributed by atoms with Crippen LogP contribution in [0.5, 0.6) is 5.75 Å². The van der Waals surface area contributed by atoms with Crippen LogP contribution < -0.4 is 15.8 Å². The monoisotopic (exact) mass is 594 g/mol. The number of nitrogens with zero attached hydrogens (tertiary/aromatic N) is 4.